The molecule has 1 aromatic heterocycles. The van der Waals surface area contributed by atoms with Crippen LogP contribution in [-0.4, -0.2) is 21.7 Å². The van der Waals surface area contributed by atoms with Crippen molar-refractivity contribution >= 4 is 17.4 Å². The Bertz CT molecular complexity index is 654. The lowest BCUT2D eigenvalue weighted by molar-refractivity contribution is -0.124. The molecule has 1 aliphatic rings. The summed E-state index contributed by atoms with van der Waals surface area (Å²) in [5.74, 6) is 0.837. The minimum atomic E-state index is -0.418. The van der Waals surface area contributed by atoms with Crippen molar-refractivity contribution in [3.63, 3.8) is 0 Å². The number of aromatic nitrogens is 2. The molecule has 0 saturated heterocycles. The second-order valence-electron chi connectivity index (χ2n) is 5.03. The van der Waals surface area contributed by atoms with Crippen LogP contribution in [0, 0.1) is 6.92 Å². The van der Waals surface area contributed by atoms with Crippen LogP contribution in [0.3, 0.4) is 0 Å². The Hall–Kier alpha value is -1.81. The van der Waals surface area contributed by atoms with E-state index in [9.17, 15) is 4.79 Å². The van der Waals surface area contributed by atoms with Crippen molar-refractivity contribution < 1.29 is 9.53 Å². The van der Waals surface area contributed by atoms with Gasteiger partial charge in [0.1, 0.15) is 5.75 Å². The molecule has 2 aromatic rings. The quantitative estimate of drug-likeness (QED) is 0.872. The molecule has 0 amide bonds. The SMILES string of the molecule is Cc1nn(C)c(CC(=O)C2Cc3ccccc3O2)c1Cl. The lowest BCUT2D eigenvalue weighted by Gasteiger charge is -2.09. The number of carbonyl (C=O) groups is 1. The molecule has 0 N–H and O–H groups in total. The number of ether oxygens (including phenoxy) is 1. The summed E-state index contributed by atoms with van der Waals surface area (Å²) in [7, 11) is 1.80. The van der Waals surface area contributed by atoms with Crippen LogP contribution in [0.25, 0.3) is 0 Å². The van der Waals surface area contributed by atoms with Gasteiger partial charge in [-0.2, -0.15) is 5.10 Å². The van der Waals surface area contributed by atoms with Crippen LogP contribution in [0.4, 0.5) is 0 Å². The molecule has 0 aliphatic carbocycles. The Balaban J connectivity index is 1.76. The number of ketones is 1. The maximum Gasteiger partial charge on any atom is 0.179 e. The first-order valence-corrected chi connectivity index (χ1v) is 6.89. The first-order valence-electron chi connectivity index (χ1n) is 6.51. The zero-order chi connectivity index (χ0) is 14.3. The van der Waals surface area contributed by atoms with Gasteiger partial charge in [-0.15, -0.1) is 0 Å². The number of carbonyl (C=O) groups excluding carboxylic acids is 1. The van der Waals surface area contributed by atoms with Gasteiger partial charge in [-0.1, -0.05) is 29.8 Å². The number of aryl methyl sites for hydroxylation is 2. The largest absolute Gasteiger partial charge is 0.482 e. The molecule has 5 heteroatoms. The number of benzene rings is 1. The normalized spacial score (nSPS) is 16.9. The molecule has 1 aromatic carbocycles. The average molecular weight is 291 g/mol. The number of hydrogen-bond acceptors (Lipinski definition) is 3. The lowest BCUT2D eigenvalue weighted by atomic mass is 10.0. The summed E-state index contributed by atoms with van der Waals surface area (Å²) in [6.45, 7) is 1.83. The minimum absolute atomic E-state index is 0.0334. The van der Waals surface area contributed by atoms with E-state index in [1.807, 2.05) is 31.2 Å². The van der Waals surface area contributed by atoms with Gasteiger partial charge in [0.25, 0.3) is 0 Å². The van der Waals surface area contributed by atoms with Crippen LogP contribution in [0.2, 0.25) is 5.02 Å². The molecule has 0 spiro atoms. The fourth-order valence-electron chi connectivity index (χ4n) is 2.51. The highest BCUT2D eigenvalue weighted by molar-refractivity contribution is 6.32. The van der Waals surface area contributed by atoms with Crippen LogP contribution in [-0.2, 0) is 24.7 Å². The van der Waals surface area contributed by atoms with Crippen molar-refractivity contribution in [2.45, 2.75) is 25.9 Å². The van der Waals surface area contributed by atoms with Gasteiger partial charge in [0.2, 0.25) is 0 Å². The van der Waals surface area contributed by atoms with Gasteiger partial charge in [-0.05, 0) is 18.6 Å². The summed E-state index contributed by atoms with van der Waals surface area (Å²) in [5.41, 5.74) is 2.57. The number of hydrogen-bond donors (Lipinski definition) is 0. The van der Waals surface area contributed by atoms with Crippen LogP contribution in [0.15, 0.2) is 24.3 Å². The first-order chi connectivity index (χ1) is 9.56. The van der Waals surface area contributed by atoms with E-state index in [0.29, 0.717) is 11.4 Å². The zero-order valence-electron chi connectivity index (χ0n) is 11.4. The molecular weight excluding hydrogens is 276 g/mol. The predicted molar refractivity (Wildman–Crippen MR) is 76.2 cm³/mol. The van der Waals surface area contributed by atoms with E-state index in [1.54, 1.807) is 11.7 Å². The van der Waals surface area contributed by atoms with Crippen molar-refractivity contribution in [2.24, 2.45) is 7.05 Å². The first kappa shape index (κ1) is 13.2. The third-order valence-corrected chi connectivity index (χ3v) is 4.10. The number of rotatable bonds is 3. The molecule has 0 radical (unpaired) electrons. The Morgan fingerprint density at radius 1 is 1.50 bits per heavy atom. The molecule has 0 saturated carbocycles. The summed E-state index contributed by atoms with van der Waals surface area (Å²) >= 11 is 6.18. The van der Waals surface area contributed by atoms with Crippen LogP contribution in [0.5, 0.6) is 5.75 Å². The Labute approximate surface area is 122 Å². The smallest absolute Gasteiger partial charge is 0.179 e. The summed E-state index contributed by atoms with van der Waals surface area (Å²) in [5, 5.41) is 4.79. The maximum atomic E-state index is 12.4. The van der Waals surface area contributed by atoms with Crippen LogP contribution < -0.4 is 4.74 Å². The minimum Gasteiger partial charge on any atom is -0.482 e. The molecule has 0 bridgehead atoms. The molecule has 1 atom stereocenters. The highest BCUT2D eigenvalue weighted by Crippen LogP contribution is 2.29. The highest BCUT2D eigenvalue weighted by Gasteiger charge is 2.29. The summed E-state index contributed by atoms with van der Waals surface area (Å²) in [6.07, 6.45) is 0.455. The molecule has 104 valence electrons. The van der Waals surface area contributed by atoms with E-state index >= 15 is 0 Å². The Morgan fingerprint density at radius 2 is 2.25 bits per heavy atom. The van der Waals surface area contributed by atoms with Gasteiger partial charge in [0.15, 0.2) is 11.9 Å². The van der Waals surface area contributed by atoms with E-state index < -0.39 is 6.10 Å². The molecule has 4 nitrogen and oxygen atoms in total. The van der Waals surface area contributed by atoms with Gasteiger partial charge in [-0.25, -0.2) is 0 Å². The number of nitrogens with zero attached hydrogens (tertiary/aromatic N) is 2. The Kier molecular flexibility index (Phi) is 3.26. The Morgan fingerprint density at radius 3 is 2.90 bits per heavy atom. The third-order valence-electron chi connectivity index (χ3n) is 3.61. The van der Waals surface area contributed by atoms with Crippen LogP contribution in [0.1, 0.15) is 17.0 Å². The van der Waals surface area contributed by atoms with E-state index in [2.05, 4.69) is 5.10 Å². The monoisotopic (exact) mass is 290 g/mol. The fraction of sp³-hybridized carbons (Fsp3) is 0.333. The van der Waals surface area contributed by atoms with E-state index in [4.69, 9.17) is 16.3 Å². The zero-order valence-corrected chi connectivity index (χ0v) is 12.1. The lowest BCUT2D eigenvalue weighted by Crippen LogP contribution is -2.27. The van der Waals surface area contributed by atoms with Gasteiger partial charge >= 0.3 is 0 Å². The van der Waals surface area contributed by atoms with Gasteiger partial charge in [0.05, 0.1) is 22.8 Å². The van der Waals surface area contributed by atoms with Crippen molar-refractivity contribution in [3.05, 3.63) is 46.2 Å². The van der Waals surface area contributed by atoms with E-state index in [-0.39, 0.29) is 12.2 Å². The number of para-hydroxylation sites is 1. The fourth-order valence-corrected chi connectivity index (χ4v) is 2.74. The number of Topliss-reactive ketones (excluding diaryl/α,β-unsaturated/α-hetero) is 1. The highest BCUT2D eigenvalue weighted by atomic mass is 35.5. The van der Waals surface area contributed by atoms with Crippen LogP contribution >= 0.6 is 11.6 Å². The summed E-state index contributed by atoms with van der Waals surface area (Å²) in [4.78, 5) is 12.4. The summed E-state index contributed by atoms with van der Waals surface area (Å²) in [6, 6.07) is 7.75. The van der Waals surface area contributed by atoms with Crippen molar-refractivity contribution in [3.8, 4) is 5.75 Å². The van der Waals surface area contributed by atoms with E-state index in [1.165, 1.54) is 0 Å². The third kappa shape index (κ3) is 2.20. The van der Waals surface area contributed by atoms with Crippen molar-refractivity contribution in [1.82, 2.24) is 9.78 Å². The molecule has 2 heterocycles. The second kappa shape index (κ2) is 4.94. The van der Waals surface area contributed by atoms with Crippen molar-refractivity contribution in [2.75, 3.05) is 0 Å². The average Bonchev–Trinajstić information content (AvgIpc) is 2.95. The molecule has 1 unspecified atom stereocenters. The van der Waals surface area contributed by atoms with Gasteiger partial charge in [-0.3, -0.25) is 9.48 Å². The number of halogens is 1. The number of fused-ring (bicyclic) bond motifs is 1. The topological polar surface area (TPSA) is 44.1 Å². The van der Waals surface area contributed by atoms with Crippen molar-refractivity contribution in [1.29, 1.82) is 0 Å². The standard InChI is InChI=1S/C15H15ClN2O2/c1-9-15(16)11(18(2)17-9)8-12(19)14-7-10-5-3-4-6-13(10)20-14/h3-6,14H,7-8H2,1-2H3. The molecule has 0 fully saturated rings. The molecule has 3 rings (SSSR count). The maximum absolute atomic E-state index is 12.4. The second-order valence-corrected chi connectivity index (χ2v) is 5.41. The van der Waals surface area contributed by atoms with Gasteiger partial charge in [0, 0.05) is 13.5 Å². The predicted octanol–water partition coefficient (Wildman–Crippen LogP) is 2.50. The van der Waals surface area contributed by atoms with Gasteiger partial charge < -0.3 is 4.74 Å². The molecule has 20 heavy (non-hydrogen) atoms. The molecule has 1 aliphatic heterocycles. The van der Waals surface area contributed by atoms with E-state index in [0.717, 1.165) is 22.7 Å². The molecular formula is C15H15ClN2O2. The summed E-state index contributed by atoms with van der Waals surface area (Å²) < 4.78 is 7.37.